The summed E-state index contributed by atoms with van der Waals surface area (Å²) >= 11 is 0. The third-order valence-electron chi connectivity index (χ3n) is 1.74. The van der Waals surface area contributed by atoms with E-state index in [1.54, 1.807) is 25.4 Å². The molecule has 0 aliphatic carbocycles. The van der Waals surface area contributed by atoms with E-state index < -0.39 is 0 Å². The standard InChI is InChI=1S/C11H13N3O/c1-9(2)4-5-11(10(3)8-15)14-12-6-7-13-14/h4-8H,1H2,2-3H3/b5-4-,11-10-. The van der Waals surface area contributed by atoms with Gasteiger partial charge >= 0.3 is 0 Å². The van der Waals surface area contributed by atoms with Crippen molar-refractivity contribution < 1.29 is 4.79 Å². The smallest absolute Gasteiger partial charge is 0.147 e. The molecule has 0 aliphatic rings. The molecular formula is C11H13N3O. The molecule has 1 rings (SSSR count). The highest BCUT2D eigenvalue weighted by atomic mass is 16.1. The molecule has 0 unspecified atom stereocenters. The zero-order valence-corrected chi connectivity index (χ0v) is 8.84. The van der Waals surface area contributed by atoms with Crippen LogP contribution in [0.5, 0.6) is 0 Å². The first kappa shape index (κ1) is 11.1. The molecule has 1 heterocycles. The average Bonchev–Trinajstić information content (AvgIpc) is 2.70. The molecule has 0 bridgehead atoms. The Labute approximate surface area is 88.6 Å². The summed E-state index contributed by atoms with van der Waals surface area (Å²) in [6.45, 7) is 7.34. The molecule has 0 spiro atoms. The van der Waals surface area contributed by atoms with Gasteiger partial charge in [0, 0.05) is 5.57 Å². The minimum Gasteiger partial charge on any atom is -0.298 e. The Balaban J connectivity index is 3.11. The van der Waals surface area contributed by atoms with Gasteiger partial charge in [-0.3, -0.25) is 4.79 Å². The molecule has 0 fully saturated rings. The van der Waals surface area contributed by atoms with E-state index in [-0.39, 0.29) is 0 Å². The second kappa shape index (κ2) is 5.05. The Kier molecular flexibility index (Phi) is 3.74. The number of aromatic nitrogens is 3. The lowest BCUT2D eigenvalue weighted by Crippen LogP contribution is -2.02. The van der Waals surface area contributed by atoms with Gasteiger partial charge in [-0.05, 0) is 19.9 Å². The molecule has 0 aromatic carbocycles. The Bertz CT molecular complexity index is 413. The molecule has 4 heteroatoms. The number of nitrogens with zero attached hydrogens (tertiary/aromatic N) is 3. The van der Waals surface area contributed by atoms with Crippen LogP contribution in [0.25, 0.3) is 5.70 Å². The van der Waals surface area contributed by atoms with E-state index >= 15 is 0 Å². The van der Waals surface area contributed by atoms with Crippen LogP contribution >= 0.6 is 0 Å². The largest absolute Gasteiger partial charge is 0.298 e. The Morgan fingerprint density at radius 3 is 2.33 bits per heavy atom. The van der Waals surface area contributed by atoms with Gasteiger partial charge in [-0.1, -0.05) is 18.2 Å². The summed E-state index contributed by atoms with van der Waals surface area (Å²) in [6.07, 6.45) is 7.48. The summed E-state index contributed by atoms with van der Waals surface area (Å²) < 4.78 is 0. The quantitative estimate of drug-likeness (QED) is 0.426. The normalized spacial score (nSPS) is 12.7. The lowest BCUT2D eigenvalue weighted by Gasteiger charge is -2.02. The van der Waals surface area contributed by atoms with Crippen molar-refractivity contribution in [3.63, 3.8) is 0 Å². The topological polar surface area (TPSA) is 47.8 Å². The van der Waals surface area contributed by atoms with E-state index in [0.29, 0.717) is 11.3 Å². The predicted octanol–water partition coefficient (Wildman–Crippen LogP) is 1.84. The second-order valence-corrected chi connectivity index (χ2v) is 3.18. The molecule has 78 valence electrons. The van der Waals surface area contributed by atoms with Crippen molar-refractivity contribution in [2.45, 2.75) is 13.8 Å². The van der Waals surface area contributed by atoms with E-state index in [2.05, 4.69) is 16.8 Å². The van der Waals surface area contributed by atoms with Gasteiger partial charge in [-0.25, -0.2) is 0 Å². The van der Waals surface area contributed by atoms with Crippen LogP contribution in [0.1, 0.15) is 13.8 Å². The maximum absolute atomic E-state index is 10.7. The number of hydrogen-bond acceptors (Lipinski definition) is 3. The zero-order chi connectivity index (χ0) is 11.3. The van der Waals surface area contributed by atoms with E-state index in [1.807, 2.05) is 13.0 Å². The highest BCUT2D eigenvalue weighted by Crippen LogP contribution is 2.09. The summed E-state index contributed by atoms with van der Waals surface area (Å²) in [5.41, 5.74) is 2.13. The molecule has 0 saturated heterocycles. The minimum absolute atomic E-state index is 0.573. The van der Waals surface area contributed by atoms with Crippen LogP contribution in [0.4, 0.5) is 0 Å². The van der Waals surface area contributed by atoms with Crippen LogP contribution in [0.3, 0.4) is 0 Å². The SMILES string of the molecule is C=C(C)/C=C\C(=C(/C)C=O)n1nccn1. The number of carbonyl (C=O) groups excluding carboxylic acids is 1. The van der Waals surface area contributed by atoms with Crippen LogP contribution in [-0.2, 0) is 4.79 Å². The van der Waals surface area contributed by atoms with Gasteiger partial charge in [0.25, 0.3) is 0 Å². The van der Waals surface area contributed by atoms with Gasteiger partial charge in [-0.2, -0.15) is 15.0 Å². The minimum atomic E-state index is 0.573. The van der Waals surface area contributed by atoms with Gasteiger partial charge in [0.05, 0.1) is 18.1 Å². The van der Waals surface area contributed by atoms with E-state index in [0.717, 1.165) is 11.9 Å². The van der Waals surface area contributed by atoms with Crippen LogP contribution in [0.2, 0.25) is 0 Å². The fourth-order valence-corrected chi connectivity index (χ4v) is 0.978. The van der Waals surface area contributed by atoms with Crippen molar-refractivity contribution in [2.75, 3.05) is 0 Å². The molecule has 0 amide bonds. The van der Waals surface area contributed by atoms with E-state index in [1.165, 1.54) is 4.80 Å². The third-order valence-corrected chi connectivity index (χ3v) is 1.74. The van der Waals surface area contributed by atoms with Gasteiger partial charge in [0.2, 0.25) is 0 Å². The maximum atomic E-state index is 10.7. The lowest BCUT2D eigenvalue weighted by molar-refractivity contribution is -0.104. The molecule has 1 aromatic rings. The molecule has 0 saturated carbocycles. The van der Waals surface area contributed by atoms with Gasteiger partial charge < -0.3 is 0 Å². The third kappa shape index (κ3) is 3.02. The molecule has 0 aliphatic heterocycles. The van der Waals surface area contributed by atoms with Crippen molar-refractivity contribution >= 4 is 12.0 Å². The van der Waals surface area contributed by atoms with Gasteiger partial charge in [0.15, 0.2) is 0 Å². The van der Waals surface area contributed by atoms with Crippen molar-refractivity contribution in [1.82, 2.24) is 15.0 Å². The van der Waals surface area contributed by atoms with Crippen LogP contribution in [0, 0.1) is 0 Å². The maximum Gasteiger partial charge on any atom is 0.147 e. The molecule has 0 N–H and O–H groups in total. The van der Waals surface area contributed by atoms with Crippen molar-refractivity contribution in [2.24, 2.45) is 0 Å². The fourth-order valence-electron chi connectivity index (χ4n) is 0.978. The van der Waals surface area contributed by atoms with Crippen molar-refractivity contribution in [3.8, 4) is 0 Å². The van der Waals surface area contributed by atoms with E-state index in [9.17, 15) is 4.79 Å². The van der Waals surface area contributed by atoms with E-state index in [4.69, 9.17) is 0 Å². The molecule has 0 atom stereocenters. The summed E-state index contributed by atoms with van der Waals surface area (Å²) in [7, 11) is 0. The van der Waals surface area contributed by atoms with Crippen molar-refractivity contribution in [1.29, 1.82) is 0 Å². The lowest BCUT2D eigenvalue weighted by atomic mass is 10.2. The Morgan fingerprint density at radius 1 is 1.27 bits per heavy atom. The fraction of sp³-hybridized carbons (Fsp3) is 0.182. The van der Waals surface area contributed by atoms with Crippen molar-refractivity contribution in [3.05, 3.63) is 42.3 Å². The van der Waals surface area contributed by atoms with Gasteiger partial charge in [-0.15, -0.1) is 0 Å². The highest BCUT2D eigenvalue weighted by molar-refractivity contribution is 5.84. The predicted molar refractivity (Wildman–Crippen MR) is 58.9 cm³/mol. The number of aldehydes is 1. The number of allylic oxidation sites excluding steroid dienone is 5. The highest BCUT2D eigenvalue weighted by Gasteiger charge is 2.02. The van der Waals surface area contributed by atoms with Gasteiger partial charge in [0.1, 0.15) is 6.29 Å². The van der Waals surface area contributed by atoms with Crippen LogP contribution in [-0.4, -0.2) is 21.3 Å². The molecular weight excluding hydrogens is 190 g/mol. The second-order valence-electron chi connectivity index (χ2n) is 3.18. The molecule has 4 nitrogen and oxygen atoms in total. The van der Waals surface area contributed by atoms with Crippen LogP contribution in [0.15, 0.2) is 42.3 Å². The average molecular weight is 203 g/mol. The summed E-state index contributed by atoms with van der Waals surface area (Å²) in [4.78, 5) is 12.1. The first-order chi connectivity index (χ1) is 7.15. The molecule has 0 radical (unpaired) electrons. The Hall–Kier alpha value is -1.97. The summed E-state index contributed by atoms with van der Waals surface area (Å²) in [5, 5.41) is 7.94. The van der Waals surface area contributed by atoms with Crippen LogP contribution < -0.4 is 0 Å². The first-order valence-corrected chi connectivity index (χ1v) is 4.51. The number of rotatable bonds is 4. The molecule has 1 aromatic heterocycles. The zero-order valence-electron chi connectivity index (χ0n) is 8.84. The number of hydrogen-bond donors (Lipinski definition) is 0. The number of carbonyl (C=O) groups is 1. The summed E-state index contributed by atoms with van der Waals surface area (Å²) in [5.74, 6) is 0. The summed E-state index contributed by atoms with van der Waals surface area (Å²) in [6, 6.07) is 0. The molecule has 15 heavy (non-hydrogen) atoms. The monoisotopic (exact) mass is 203 g/mol. The Morgan fingerprint density at radius 2 is 1.87 bits per heavy atom. The first-order valence-electron chi connectivity index (χ1n) is 4.51.